The van der Waals surface area contributed by atoms with E-state index in [0.717, 1.165) is 48.8 Å². The summed E-state index contributed by atoms with van der Waals surface area (Å²) in [5.41, 5.74) is 3.94. The third-order valence-corrected chi connectivity index (χ3v) is 15.3. The molecule has 0 spiro atoms. The van der Waals surface area contributed by atoms with Gasteiger partial charge in [0.25, 0.3) is 0 Å². The minimum absolute atomic E-state index is 0.0117. The predicted octanol–water partition coefficient (Wildman–Crippen LogP) is 8.59. The van der Waals surface area contributed by atoms with E-state index in [1.165, 1.54) is 5.57 Å². The predicted molar refractivity (Wildman–Crippen MR) is 256 cm³/mol. The number of fused-ring (bicyclic) bond motifs is 3. The Bertz CT molecular complexity index is 2390. The molecule has 2 amide bonds. The molecule has 12 nitrogen and oxygen atoms in total. The lowest BCUT2D eigenvalue weighted by Crippen LogP contribution is -2.51. The van der Waals surface area contributed by atoms with Crippen LogP contribution in [-0.4, -0.2) is 94.6 Å². The number of likely N-dealkylation sites (tertiary alicyclic amines) is 1. The SMILES string of the molecule is CC(C)(C)OC(=O)CC[C@@H](CO)NC(=O)[C@H]1CCCN1C(=O)C1=C[C@H]2OC(c3ccccc3)(c3ccccc3)O[C@H]2[C@H](OC(=O)c2ccccc2C=C2CCC3O[C@]3(C)CC[C@@H]3[C@@H]2CC3(C)C)C1. The van der Waals surface area contributed by atoms with Crippen LogP contribution in [0.2, 0.25) is 0 Å². The zero-order valence-electron chi connectivity index (χ0n) is 40.4. The molecule has 0 aromatic heterocycles. The number of ether oxygens (including phenoxy) is 5. The Morgan fingerprint density at radius 1 is 0.897 bits per heavy atom. The summed E-state index contributed by atoms with van der Waals surface area (Å²) in [6.07, 6.45) is 8.04. The first-order chi connectivity index (χ1) is 32.5. The van der Waals surface area contributed by atoms with Gasteiger partial charge in [0.15, 0.2) is 0 Å². The molecule has 3 aromatic rings. The second-order valence-electron chi connectivity index (χ2n) is 21.7. The van der Waals surface area contributed by atoms with E-state index < -0.39 is 59.6 Å². The van der Waals surface area contributed by atoms with Crippen LogP contribution in [0, 0.1) is 17.3 Å². The maximum Gasteiger partial charge on any atom is 0.339 e. The lowest BCUT2D eigenvalue weighted by atomic mass is 9.52. The highest BCUT2D eigenvalue weighted by Gasteiger charge is 2.57. The summed E-state index contributed by atoms with van der Waals surface area (Å²) in [7, 11) is 0. The minimum Gasteiger partial charge on any atom is -0.460 e. The van der Waals surface area contributed by atoms with E-state index in [9.17, 15) is 24.3 Å². The number of benzene rings is 3. The van der Waals surface area contributed by atoms with Gasteiger partial charge >= 0.3 is 11.9 Å². The van der Waals surface area contributed by atoms with Crippen molar-refractivity contribution < 1.29 is 48.0 Å². The topological polar surface area (TPSA) is 153 Å². The third kappa shape index (κ3) is 9.84. The van der Waals surface area contributed by atoms with E-state index in [1.54, 1.807) is 37.8 Å². The fraction of sp³-hybridized carbons (Fsp3) is 0.536. The molecule has 2 saturated carbocycles. The highest BCUT2D eigenvalue weighted by molar-refractivity contribution is 5.98. The van der Waals surface area contributed by atoms with Crippen molar-refractivity contribution in [2.75, 3.05) is 13.2 Å². The van der Waals surface area contributed by atoms with Crippen LogP contribution in [0.4, 0.5) is 0 Å². The van der Waals surface area contributed by atoms with Gasteiger partial charge in [-0.1, -0.05) is 104 Å². The normalized spacial score (nSPS) is 30.2. The molecular formula is C56H68N2O10. The molecule has 362 valence electrons. The van der Waals surface area contributed by atoms with Gasteiger partial charge < -0.3 is 39.0 Å². The van der Waals surface area contributed by atoms with Crippen LogP contribution in [0.1, 0.15) is 133 Å². The van der Waals surface area contributed by atoms with Crippen molar-refractivity contribution in [1.82, 2.24) is 10.2 Å². The molecule has 12 heteroatoms. The lowest BCUT2D eigenvalue weighted by Gasteiger charge is -2.53. The second kappa shape index (κ2) is 19.0. The van der Waals surface area contributed by atoms with Gasteiger partial charge in [-0.3, -0.25) is 14.4 Å². The Balaban J connectivity index is 0.996. The van der Waals surface area contributed by atoms with Crippen molar-refractivity contribution in [3.05, 3.63) is 124 Å². The van der Waals surface area contributed by atoms with E-state index >= 15 is 0 Å². The van der Waals surface area contributed by atoms with Crippen molar-refractivity contribution in [3.63, 3.8) is 0 Å². The van der Waals surface area contributed by atoms with E-state index in [2.05, 4.69) is 32.2 Å². The molecule has 68 heavy (non-hydrogen) atoms. The molecule has 0 bridgehead atoms. The van der Waals surface area contributed by atoms with Gasteiger partial charge in [0.2, 0.25) is 17.6 Å². The number of nitrogens with one attached hydrogen (secondary N) is 1. The Labute approximate surface area is 400 Å². The molecule has 3 aliphatic heterocycles. The van der Waals surface area contributed by atoms with Gasteiger partial charge in [-0.05, 0) is 114 Å². The van der Waals surface area contributed by atoms with Gasteiger partial charge in [0, 0.05) is 36.1 Å². The van der Waals surface area contributed by atoms with Crippen LogP contribution in [0.15, 0.2) is 102 Å². The zero-order chi connectivity index (χ0) is 48.0. The smallest absolute Gasteiger partial charge is 0.339 e. The average molecular weight is 929 g/mol. The Morgan fingerprint density at radius 2 is 1.59 bits per heavy atom. The Morgan fingerprint density at radius 3 is 2.26 bits per heavy atom. The fourth-order valence-corrected chi connectivity index (χ4v) is 11.7. The molecule has 3 aromatic carbocycles. The number of hydrogen-bond acceptors (Lipinski definition) is 10. The van der Waals surface area contributed by atoms with Crippen LogP contribution in [0.3, 0.4) is 0 Å². The fourth-order valence-electron chi connectivity index (χ4n) is 11.7. The molecule has 6 aliphatic rings. The van der Waals surface area contributed by atoms with E-state index in [0.29, 0.717) is 42.4 Å². The van der Waals surface area contributed by atoms with Crippen molar-refractivity contribution in [3.8, 4) is 0 Å². The van der Waals surface area contributed by atoms with Gasteiger partial charge in [0.05, 0.1) is 29.9 Å². The van der Waals surface area contributed by atoms with Gasteiger partial charge in [0.1, 0.15) is 30.0 Å². The molecule has 3 aliphatic carbocycles. The Kier molecular flexibility index (Phi) is 13.4. The molecule has 3 saturated heterocycles. The van der Waals surface area contributed by atoms with Crippen LogP contribution in [-0.2, 0) is 43.9 Å². The molecular weight excluding hydrogens is 861 g/mol. The molecule has 9 atom stereocenters. The number of aliphatic hydroxyl groups is 1. The quantitative estimate of drug-likeness (QED) is 0.133. The molecule has 9 rings (SSSR count). The summed E-state index contributed by atoms with van der Waals surface area (Å²) in [6, 6.07) is 25.3. The molecule has 0 radical (unpaired) electrons. The largest absolute Gasteiger partial charge is 0.460 e. The average Bonchev–Trinajstić information content (AvgIpc) is 3.60. The highest BCUT2D eigenvalue weighted by atomic mass is 16.8. The van der Waals surface area contributed by atoms with Crippen LogP contribution >= 0.6 is 0 Å². The number of esters is 2. The van der Waals surface area contributed by atoms with Gasteiger partial charge in [-0.2, -0.15) is 0 Å². The number of epoxide rings is 1. The van der Waals surface area contributed by atoms with Crippen molar-refractivity contribution in [1.29, 1.82) is 0 Å². The zero-order valence-corrected chi connectivity index (χ0v) is 40.4. The van der Waals surface area contributed by atoms with E-state index in [4.69, 9.17) is 23.7 Å². The number of amides is 2. The molecule has 2 N–H and O–H groups in total. The summed E-state index contributed by atoms with van der Waals surface area (Å²) in [6.45, 7) is 12.3. The second-order valence-corrected chi connectivity index (χ2v) is 21.7. The van der Waals surface area contributed by atoms with E-state index in [1.807, 2.05) is 78.9 Å². The lowest BCUT2D eigenvalue weighted by molar-refractivity contribution is -0.157. The number of carbonyl (C=O) groups is 4. The summed E-state index contributed by atoms with van der Waals surface area (Å²) in [5, 5.41) is 13.1. The maximum atomic E-state index is 14.8. The van der Waals surface area contributed by atoms with Crippen molar-refractivity contribution >= 4 is 29.8 Å². The van der Waals surface area contributed by atoms with Crippen LogP contribution in [0.25, 0.3) is 6.08 Å². The summed E-state index contributed by atoms with van der Waals surface area (Å²) < 4.78 is 32.3. The number of allylic oxidation sites excluding steroid dienone is 1. The van der Waals surface area contributed by atoms with Crippen LogP contribution in [0.5, 0.6) is 0 Å². The van der Waals surface area contributed by atoms with E-state index in [-0.39, 0.29) is 48.9 Å². The molecule has 5 fully saturated rings. The van der Waals surface area contributed by atoms with Crippen molar-refractivity contribution in [2.45, 2.75) is 159 Å². The number of nitrogens with zero attached hydrogens (tertiary/aromatic N) is 1. The third-order valence-electron chi connectivity index (χ3n) is 15.3. The molecule has 3 heterocycles. The van der Waals surface area contributed by atoms with Crippen molar-refractivity contribution in [2.24, 2.45) is 17.3 Å². The highest BCUT2D eigenvalue weighted by Crippen LogP contribution is 2.60. The summed E-state index contributed by atoms with van der Waals surface area (Å²) in [4.78, 5) is 57.5. The van der Waals surface area contributed by atoms with Crippen LogP contribution < -0.4 is 5.32 Å². The van der Waals surface area contributed by atoms with Gasteiger partial charge in [-0.15, -0.1) is 0 Å². The first kappa shape index (κ1) is 47.9. The monoisotopic (exact) mass is 928 g/mol. The standard InChI is InChI=1S/C56H68N2O10/c1-53(2,3)67-48(60)26-24-40(34-59)57-50(61)44-22-15-29-58(44)51(62)37-31-45(49-46(32-37)65-56(68-49,38-17-9-7-10-18-38)39-19-11-8-12-20-39)64-52(63)41-21-14-13-16-35(41)30-36-23-25-47-55(6,66-47)28-27-43-42(36)33-54(43,4)5/h7-14,16-21,30,32,40,42-47,49,59H,15,22-29,31,33-34H2,1-6H3,(H,57,61)/t40-,42+,43+,44+,45+,46+,47?,49-,55+/m0/s1. The molecule has 1 unspecified atom stereocenters. The van der Waals surface area contributed by atoms with Gasteiger partial charge in [-0.25, -0.2) is 4.79 Å². The number of rotatable bonds is 12. The maximum absolute atomic E-state index is 14.8. The summed E-state index contributed by atoms with van der Waals surface area (Å²) >= 11 is 0. The Hall–Kier alpha value is -5.14. The summed E-state index contributed by atoms with van der Waals surface area (Å²) in [5.74, 6) is -2.15. The first-order valence-corrected chi connectivity index (χ1v) is 24.8. The number of aliphatic hydroxyl groups excluding tert-OH is 1. The number of hydrogen-bond donors (Lipinski definition) is 2. The number of carbonyl (C=O) groups excluding carboxylic acids is 4. The first-order valence-electron chi connectivity index (χ1n) is 24.8. The minimum atomic E-state index is -1.39.